The van der Waals surface area contributed by atoms with Gasteiger partial charge in [-0.15, -0.1) is 0 Å². The fraction of sp³-hybridized carbons (Fsp3) is 0.269. The number of allylic oxidation sites excluding steroid dienone is 1. The van der Waals surface area contributed by atoms with E-state index in [9.17, 15) is 4.79 Å². The van der Waals surface area contributed by atoms with E-state index >= 15 is 0 Å². The molecule has 0 bridgehead atoms. The van der Waals surface area contributed by atoms with E-state index in [0.717, 1.165) is 45.0 Å². The van der Waals surface area contributed by atoms with Crippen LogP contribution in [0.15, 0.2) is 74.3 Å². The summed E-state index contributed by atoms with van der Waals surface area (Å²) < 4.78 is 3.72. The first kappa shape index (κ1) is 23.5. The van der Waals surface area contributed by atoms with Crippen LogP contribution in [-0.2, 0) is 6.54 Å². The highest BCUT2D eigenvalue weighted by atomic mass is 79.9. The quantitative estimate of drug-likeness (QED) is 0.310. The molecule has 1 aromatic heterocycles. The molecule has 0 N–H and O–H groups in total. The van der Waals surface area contributed by atoms with Crippen LogP contribution in [0.4, 0.5) is 0 Å². The third-order valence-corrected chi connectivity index (χ3v) is 7.71. The Morgan fingerprint density at radius 1 is 1.12 bits per heavy atom. The summed E-state index contributed by atoms with van der Waals surface area (Å²) in [6.07, 6.45) is 6.84. The van der Waals surface area contributed by atoms with E-state index in [1.165, 1.54) is 5.57 Å². The third-order valence-electron chi connectivity index (χ3n) is 6.38. The lowest BCUT2D eigenvalue weighted by atomic mass is 9.77. The van der Waals surface area contributed by atoms with Gasteiger partial charge in [-0.05, 0) is 73.2 Å². The molecule has 2 heterocycles. The van der Waals surface area contributed by atoms with Crippen LogP contribution in [0.3, 0.4) is 0 Å². The van der Waals surface area contributed by atoms with Gasteiger partial charge in [-0.25, -0.2) is 5.01 Å². The zero-order valence-electron chi connectivity index (χ0n) is 18.6. The predicted octanol–water partition coefficient (Wildman–Crippen LogP) is 7.52. The molecular weight excluding hydrogens is 580 g/mol. The number of amides is 1. The van der Waals surface area contributed by atoms with Gasteiger partial charge < -0.3 is 0 Å². The number of hydrazone groups is 1. The van der Waals surface area contributed by atoms with Gasteiger partial charge in [-0.1, -0.05) is 67.7 Å². The summed E-state index contributed by atoms with van der Waals surface area (Å²) in [6.45, 7) is 2.60. The number of carbonyl (C=O) groups excluding carboxylic acids is 1. The highest BCUT2D eigenvalue weighted by Crippen LogP contribution is 2.45. The summed E-state index contributed by atoms with van der Waals surface area (Å²) in [5, 5.41) is 11.3. The maximum atomic E-state index is 13.7. The number of hydrogen-bond acceptors (Lipinski definition) is 3. The normalized spacial score (nSPS) is 21.0. The lowest BCUT2D eigenvalue weighted by Crippen LogP contribution is -2.32. The number of nitrogens with zero attached hydrogens (tertiary/aromatic N) is 4. The van der Waals surface area contributed by atoms with Crippen LogP contribution in [-0.4, -0.2) is 26.4 Å². The van der Waals surface area contributed by atoms with E-state index in [0.29, 0.717) is 11.6 Å². The first-order valence-corrected chi connectivity index (χ1v) is 13.3. The van der Waals surface area contributed by atoms with Crippen LogP contribution in [0.5, 0.6) is 0 Å². The molecule has 1 fully saturated rings. The van der Waals surface area contributed by atoms with Crippen molar-refractivity contribution in [2.75, 3.05) is 0 Å². The highest BCUT2D eigenvalue weighted by molar-refractivity contribution is 9.10. The van der Waals surface area contributed by atoms with E-state index in [2.05, 4.69) is 67.3 Å². The van der Waals surface area contributed by atoms with Crippen LogP contribution in [0.1, 0.15) is 53.8 Å². The second-order valence-electron chi connectivity index (χ2n) is 8.53. The molecule has 8 heteroatoms. The van der Waals surface area contributed by atoms with Crippen LogP contribution in [0, 0.1) is 5.92 Å². The van der Waals surface area contributed by atoms with Crippen LogP contribution in [0.25, 0.3) is 6.08 Å². The summed E-state index contributed by atoms with van der Waals surface area (Å²) >= 11 is 13.4. The van der Waals surface area contributed by atoms with Crippen molar-refractivity contribution in [3.63, 3.8) is 0 Å². The molecule has 0 saturated heterocycles. The number of aromatic nitrogens is 2. The molecule has 174 valence electrons. The number of halogens is 3. The zero-order chi connectivity index (χ0) is 23.8. The molecule has 5 rings (SSSR count). The summed E-state index contributed by atoms with van der Waals surface area (Å²) in [6, 6.07) is 16.2. The van der Waals surface area contributed by atoms with Gasteiger partial charge in [0.2, 0.25) is 0 Å². The molecule has 34 heavy (non-hydrogen) atoms. The van der Waals surface area contributed by atoms with Crippen molar-refractivity contribution in [1.82, 2.24) is 14.8 Å². The number of aryl methyl sites for hydroxylation is 1. The summed E-state index contributed by atoms with van der Waals surface area (Å²) in [7, 11) is 0. The number of fused-ring (bicyclic) bond motifs is 1. The fourth-order valence-corrected chi connectivity index (χ4v) is 5.49. The molecular formula is C26H23Br2ClN4O. The maximum Gasteiger partial charge on any atom is 0.296 e. The first-order chi connectivity index (χ1) is 16.4. The largest absolute Gasteiger partial charge is 0.296 e. The maximum absolute atomic E-state index is 13.7. The minimum Gasteiger partial charge on any atom is -0.271 e. The van der Waals surface area contributed by atoms with E-state index < -0.39 is 0 Å². The minimum atomic E-state index is -0.269. The van der Waals surface area contributed by atoms with Gasteiger partial charge in [-0.3, -0.25) is 9.48 Å². The van der Waals surface area contributed by atoms with Gasteiger partial charge in [0.05, 0.1) is 16.8 Å². The molecule has 2 aromatic carbocycles. The van der Waals surface area contributed by atoms with E-state index in [1.807, 2.05) is 31.2 Å². The van der Waals surface area contributed by atoms with Gasteiger partial charge >= 0.3 is 0 Å². The van der Waals surface area contributed by atoms with Crippen molar-refractivity contribution in [1.29, 1.82) is 0 Å². The molecule has 1 amide bonds. The van der Waals surface area contributed by atoms with Crippen molar-refractivity contribution < 1.29 is 4.79 Å². The zero-order valence-corrected chi connectivity index (χ0v) is 22.5. The predicted molar refractivity (Wildman–Crippen MR) is 143 cm³/mol. The van der Waals surface area contributed by atoms with Gasteiger partial charge in [-0.2, -0.15) is 10.2 Å². The second kappa shape index (κ2) is 9.80. The van der Waals surface area contributed by atoms with Crippen molar-refractivity contribution >= 4 is 61.2 Å². The van der Waals surface area contributed by atoms with E-state index in [-0.39, 0.29) is 23.6 Å². The molecule has 0 unspecified atom stereocenters. The molecule has 2 atom stereocenters. The molecule has 1 aliphatic carbocycles. The lowest BCUT2D eigenvalue weighted by Gasteiger charge is -2.29. The number of rotatable bonds is 4. The Morgan fingerprint density at radius 2 is 1.79 bits per heavy atom. The summed E-state index contributed by atoms with van der Waals surface area (Å²) in [5.74, 6) is -0.150. The molecule has 0 spiro atoms. The van der Waals surface area contributed by atoms with Crippen molar-refractivity contribution in [3.8, 4) is 0 Å². The Balaban J connectivity index is 1.58. The Kier molecular flexibility index (Phi) is 6.78. The SMILES string of the molecule is CCn1cc(Cl)c(C(=O)N2N=C3/C(=C\c4ccc(Br)cc4)CCC[C@H]3[C@H]2c2ccc(Br)cc2)n1. The van der Waals surface area contributed by atoms with E-state index in [4.69, 9.17) is 16.7 Å². The number of benzene rings is 2. The standard InChI is InChI=1S/C26H23Br2ClN4O/c1-2-32-15-22(29)24(30-32)26(34)33-25(17-8-12-20(28)13-9-17)21-5-3-4-18(23(21)31-33)14-16-6-10-19(27)11-7-16/h6-15,21,25H,2-5H2,1H3/b18-14-/t21-,25-/m1/s1. The van der Waals surface area contributed by atoms with E-state index in [1.54, 1.807) is 15.9 Å². The Hall–Kier alpha value is -2.22. The average Bonchev–Trinajstić information content (AvgIpc) is 3.42. The van der Waals surface area contributed by atoms with Gasteiger partial charge in [0.1, 0.15) is 0 Å². The minimum absolute atomic E-state index is 0.118. The van der Waals surface area contributed by atoms with Gasteiger partial charge in [0.25, 0.3) is 5.91 Å². The van der Waals surface area contributed by atoms with Gasteiger partial charge in [0.15, 0.2) is 5.69 Å². The molecule has 2 aliphatic rings. The molecule has 0 radical (unpaired) electrons. The Labute approximate surface area is 220 Å². The smallest absolute Gasteiger partial charge is 0.271 e. The summed E-state index contributed by atoms with van der Waals surface area (Å²) in [4.78, 5) is 13.7. The number of hydrogen-bond donors (Lipinski definition) is 0. The molecule has 3 aromatic rings. The van der Waals surface area contributed by atoms with Crippen molar-refractivity contribution in [3.05, 3.63) is 91.1 Å². The summed E-state index contributed by atoms with van der Waals surface area (Å²) in [5.41, 5.74) is 4.59. The highest BCUT2D eigenvalue weighted by Gasteiger charge is 2.44. The Bertz CT molecular complexity index is 1280. The molecule has 1 aliphatic heterocycles. The van der Waals surface area contributed by atoms with Crippen molar-refractivity contribution in [2.45, 2.75) is 38.8 Å². The number of carbonyl (C=O) groups is 1. The van der Waals surface area contributed by atoms with Crippen LogP contribution >= 0.6 is 43.5 Å². The topological polar surface area (TPSA) is 50.5 Å². The molecule has 1 saturated carbocycles. The first-order valence-electron chi connectivity index (χ1n) is 11.3. The fourth-order valence-electron chi connectivity index (χ4n) is 4.73. The van der Waals surface area contributed by atoms with Crippen LogP contribution < -0.4 is 0 Å². The lowest BCUT2D eigenvalue weighted by molar-refractivity contribution is 0.0674. The van der Waals surface area contributed by atoms with Crippen LogP contribution in [0.2, 0.25) is 5.02 Å². The van der Waals surface area contributed by atoms with Crippen molar-refractivity contribution in [2.24, 2.45) is 11.0 Å². The third kappa shape index (κ3) is 4.53. The van der Waals surface area contributed by atoms with Gasteiger partial charge in [0, 0.05) is 27.6 Å². The Morgan fingerprint density at radius 3 is 2.44 bits per heavy atom. The molecule has 5 nitrogen and oxygen atoms in total. The second-order valence-corrected chi connectivity index (χ2v) is 10.8. The monoisotopic (exact) mass is 600 g/mol. The average molecular weight is 603 g/mol.